The molecule has 0 aliphatic heterocycles. The second-order valence-corrected chi connectivity index (χ2v) is 7.76. The maximum absolute atomic E-state index is 12.7. The second kappa shape index (κ2) is 8.62. The summed E-state index contributed by atoms with van der Waals surface area (Å²) in [5, 5.41) is 19.6. The molecule has 0 bridgehead atoms. The number of carbonyl (C=O) groups excluding carboxylic acids is 1. The van der Waals surface area contributed by atoms with Crippen LogP contribution in [0.25, 0.3) is 0 Å². The van der Waals surface area contributed by atoms with Gasteiger partial charge in [0.25, 0.3) is 0 Å². The van der Waals surface area contributed by atoms with Gasteiger partial charge in [0.05, 0.1) is 24.3 Å². The average molecular weight is 395 g/mol. The van der Waals surface area contributed by atoms with Crippen molar-refractivity contribution in [3.05, 3.63) is 41.4 Å². The Balaban J connectivity index is 1.31. The Kier molecular flexibility index (Phi) is 5.76. The first-order valence-corrected chi connectivity index (χ1v) is 10.1. The summed E-state index contributed by atoms with van der Waals surface area (Å²) in [4.78, 5) is 16.9. The van der Waals surface area contributed by atoms with Crippen molar-refractivity contribution < 1.29 is 14.1 Å². The molecule has 0 radical (unpaired) electrons. The smallest absolute Gasteiger partial charge is 0.223 e. The van der Waals surface area contributed by atoms with Gasteiger partial charge in [0, 0.05) is 31.2 Å². The highest BCUT2D eigenvalue weighted by Crippen LogP contribution is 2.40. The van der Waals surface area contributed by atoms with Crippen LogP contribution in [0.1, 0.15) is 55.0 Å². The van der Waals surface area contributed by atoms with Crippen LogP contribution in [0.4, 0.5) is 5.82 Å². The zero-order valence-corrected chi connectivity index (χ0v) is 16.4. The zero-order valence-electron chi connectivity index (χ0n) is 16.4. The van der Waals surface area contributed by atoms with Crippen LogP contribution in [0.2, 0.25) is 0 Å². The molecule has 8 nitrogen and oxygen atoms in total. The highest BCUT2D eigenvalue weighted by Gasteiger charge is 2.34. The number of nitrogens with zero attached hydrogens (tertiary/aromatic N) is 3. The average Bonchev–Trinajstić information content (AvgIpc) is 3.50. The van der Waals surface area contributed by atoms with Gasteiger partial charge in [-0.05, 0) is 44.2 Å². The number of carbonyl (C=O) groups is 1. The van der Waals surface area contributed by atoms with E-state index in [0.29, 0.717) is 30.3 Å². The van der Waals surface area contributed by atoms with Crippen LogP contribution in [0.15, 0.2) is 28.9 Å². The van der Waals surface area contributed by atoms with E-state index >= 15 is 0 Å². The van der Waals surface area contributed by atoms with E-state index in [4.69, 9.17) is 9.26 Å². The Hall–Kier alpha value is -2.92. The van der Waals surface area contributed by atoms with Crippen molar-refractivity contribution in [2.24, 2.45) is 5.92 Å². The lowest BCUT2D eigenvalue weighted by Gasteiger charge is -2.35. The molecule has 2 aromatic rings. The van der Waals surface area contributed by atoms with E-state index < -0.39 is 0 Å². The molecule has 2 saturated carbocycles. The number of pyridine rings is 1. The Morgan fingerprint density at radius 1 is 1.38 bits per heavy atom. The number of amides is 1. The Morgan fingerprint density at radius 3 is 3.00 bits per heavy atom. The molecule has 1 amide bonds. The van der Waals surface area contributed by atoms with Gasteiger partial charge in [0.15, 0.2) is 0 Å². The van der Waals surface area contributed by atoms with Gasteiger partial charge in [0.1, 0.15) is 23.3 Å². The van der Waals surface area contributed by atoms with Crippen molar-refractivity contribution in [1.82, 2.24) is 15.5 Å². The van der Waals surface area contributed by atoms with E-state index in [-0.39, 0.29) is 24.0 Å². The fraction of sp³-hybridized carbons (Fsp3) is 0.524. The molecule has 2 N–H and O–H groups in total. The first kappa shape index (κ1) is 19.4. The third kappa shape index (κ3) is 4.57. The molecule has 0 unspecified atom stereocenters. The molecule has 0 saturated heterocycles. The number of methoxy groups -OCH3 is 1. The van der Waals surface area contributed by atoms with Crippen LogP contribution in [0, 0.1) is 17.2 Å². The number of aromatic nitrogens is 2. The highest BCUT2D eigenvalue weighted by atomic mass is 16.5. The first-order valence-electron chi connectivity index (χ1n) is 10.1. The van der Waals surface area contributed by atoms with Crippen LogP contribution in [-0.4, -0.2) is 35.3 Å². The van der Waals surface area contributed by atoms with Gasteiger partial charge in [-0.1, -0.05) is 5.16 Å². The first-order chi connectivity index (χ1) is 14.2. The van der Waals surface area contributed by atoms with Gasteiger partial charge in [0.2, 0.25) is 5.91 Å². The number of anilines is 1. The van der Waals surface area contributed by atoms with Gasteiger partial charge in [-0.3, -0.25) is 4.79 Å². The van der Waals surface area contributed by atoms with E-state index in [1.54, 1.807) is 25.4 Å². The quantitative estimate of drug-likeness (QED) is 0.741. The third-order valence-corrected chi connectivity index (χ3v) is 5.72. The van der Waals surface area contributed by atoms with Crippen LogP contribution in [0.5, 0.6) is 0 Å². The Morgan fingerprint density at radius 2 is 2.24 bits per heavy atom. The molecule has 4 rings (SSSR count). The molecule has 0 spiro atoms. The summed E-state index contributed by atoms with van der Waals surface area (Å²) >= 11 is 0. The highest BCUT2D eigenvalue weighted by molar-refractivity contribution is 5.78. The number of nitrogens with one attached hydrogen (secondary N) is 2. The normalized spacial score (nSPS) is 23.9. The van der Waals surface area contributed by atoms with E-state index in [1.807, 2.05) is 6.07 Å². The van der Waals surface area contributed by atoms with Crippen molar-refractivity contribution >= 4 is 11.7 Å². The molecule has 0 aromatic carbocycles. The second-order valence-electron chi connectivity index (χ2n) is 7.76. The molecule has 2 aromatic heterocycles. The standard InChI is InChI=1S/C21H25N5O3/c1-28-19-9-14(6-7-17(19)25-20-15(11-22)3-2-8-23-20)21(27)24-12-16-10-18(29-26-16)13-4-5-13/h2-3,8,10,13-14,17,19H,4-7,9,12H2,1H3,(H,23,25)(H,24,27)/t14-,17+,19+/m0/s1. The number of ether oxygens (including phenoxy) is 1. The van der Waals surface area contributed by atoms with Gasteiger partial charge in [-0.15, -0.1) is 0 Å². The van der Waals surface area contributed by atoms with Crippen LogP contribution < -0.4 is 10.6 Å². The molecular formula is C21H25N5O3. The summed E-state index contributed by atoms with van der Waals surface area (Å²) < 4.78 is 11.0. The minimum absolute atomic E-state index is 0.00249. The van der Waals surface area contributed by atoms with Crippen molar-refractivity contribution in [2.75, 3.05) is 12.4 Å². The van der Waals surface area contributed by atoms with E-state index in [1.165, 1.54) is 0 Å². The third-order valence-electron chi connectivity index (χ3n) is 5.72. The molecule has 2 aliphatic carbocycles. The van der Waals surface area contributed by atoms with Crippen LogP contribution in [-0.2, 0) is 16.1 Å². The van der Waals surface area contributed by atoms with Gasteiger partial charge in [-0.2, -0.15) is 5.26 Å². The van der Waals surface area contributed by atoms with E-state index in [9.17, 15) is 10.1 Å². The lowest BCUT2D eigenvalue weighted by Crippen LogP contribution is -2.44. The fourth-order valence-corrected chi connectivity index (χ4v) is 3.87. The number of hydrogen-bond acceptors (Lipinski definition) is 7. The number of rotatable bonds is 7. The predicted octanol–water partition coefficient (Wildman–Crippen LogP) is 2.73. The van der Waals surface area contributed by atoms with Crippen LogP contribution >= 0.6 is 0 Å². The van der Waals surface area contributed by atoms with Gasteiger partial charge >= 0.3 is 0 Å². The van der Waals surface area contributed by atoms with Gasteiger partial charge in [-0.25, -0.2) is 4.98 Å². The maximum atomic E-state index is 12.7. The molecule has 2 aliphatic rings. The molecule has 8 heteroatoms. The molecule has 3 atom stereocenters. The fourth-order valence-electron chi connectivity index (χ4n) is 3.87. The molecule has 2 heterocycles. The topological polar surface area (TPSA) is 113 Å². The predicted molar refractivity (Wildman–Crippen MR) is 105 cm³/mol. The largest absolute Gasteiger partial charge is 0.379 e. The minimum atomic E-state index is -0.137. The van der Waals surface area contributed by atoms with Crippen LogP contribution in [0.3, 0.4) is 0 Å². The van der Waals surface area contributed by atoms with Crippen molar-refractivity contribution in [3.63, 3.8) is 0 Å². The monoisotopic (exact) mass is 395 g/mol. The van der Waals surface area contributed by atoms with Crippen molar-refractivity contribution in [2.45, 2.75) is 56.7 Å². The summed E-state index contributed by atoms with van der Waals surface area (Å²) in [6, 6.07) is 7.56. The molecule has 29 heavy (non-hydrogen) atoms. The number of nitriles is 1. The molecule has 152 valence electrons. The summed E-state index contributed by atoms with van der Waals surface area (Å²) in [7, 11) is 1.65. The Labute approximate surface area is 169 Å². The molecular weight excluding hydrogens is 370 g/mol. The summed E-state index contributed by atoms with van der Waals surface area (Å²) in [5.41, 5.74) is 1.26. The van der Waals surface area contributed by atoms with E-state index in [2.05, 4.69) is 26.8 Å². The van der Waals surface area contributed by atoms with Crippen molar-refractivity contribution in [1.29, 1.82) is 5.26 Å². The Bertz CT molecular complexity index is 902. The van der Waals surface area contributed by atoms with E-state index in [0.717, 1.165) is 37.1 Å². The zero-order chi connectivity index (χ0) is 20.2. The summed E-state index contributed by atoms with van der Waals surface area (Å²) in [6.45, 7) is 0.379. The lowest BCUT2D eigenvalue weighted by atomic mass is 9.83. The lowest BCUT2D eigenvalue weighted by molar-refractivity contribution is -0.127. The summed E-state index contributed by atoms with van der Waals surface area (Å²) in [5.74, 6) is 1.89. The minimum Gasteiger partial charge on any atom is -0.379 e. The maximum Gasteiger partial charge on any atom is 0.223 e. The van der Waals surface area contributed by atoms with Gasteiger partial charge < -0.3 is 19.9 Å². The molecule has 2 fully saturated rings. The SMILES string of the molecule is CO[C@@H]1C[C@@H](C(=O)NCc2cc(C3CC3)on2)CC[C@H]1Nc1ncccc1C#N. The van der Waals surface area contributed by atoms with Crippen molar-refractivity contribution in [3.8, 4) is 6.07 Å². The number of hydrogen-bond donors (Lipinski definition) is 2. The summed E-state index contributed by atoms with van der Waals surface area (Å²) in [6.07, 6.45) is 5.94.